The molecule has 3 rings (SSSR count). The lowest BCUT2D eigenvalue weighted by Gasteiger charge is -2.10. The molecule has 0 unspecified atom stereocenters. The molecule has 0 fully saturated rings. The predicted molar refractivity (Wildman–Crippen MR) is 124 cm³/mol. The molecule has 178 valence electrons. The molecule has 13 heteroatoms. The second-order valence-corrected chi connectivity index (χ2v) is 7.29. The molecule has 2 N–H and O–H groups in total. The summed E-state index contributed by atoms with van der Waals surface area (Å²) in [5.41, 5.74) is 0.383. The van der Waals surface area contributed by atoms with Crippen molar-refractivity contribution in [2.75, 3.05) is 10.6 Å². The predicted octanol–water partition coefficient (Wildman–Crippen LogP) is 3.77. The zero-order valence-electron chi connectivity index (χ0n) is 17.9. The summed E-state index contributed by atoms with van der Waals surface area (Å²) in [5, 5.41) is 37.8. The molecule has 2 amide bonds. The molecule has 0 atom stereocenters. The largest absolute Gasteiger partial charge is 0.326 e. The van der Waals surface area contributed by atoms with Crippen LogP contribution in [0.5, 0.6) is 0 Å². The van der Waals surface area contributed by atoms with Crippen LogP contribution in [0.15, 0.2) is 66.7 Å². The van der Waals surface area contributed by atoms with Crippen LogP contribution in [0.25, 0.3) is 0 Å². The first-order chi connectivity index (χ1) is 16.6. The van der Waals surface area contributed by atoms with Crippen LogP contribution in [0, 0.1) is 30.3 Å². The van der Waals surface area contributed by atoms with E-state index in [2.05, 4.69) is 10.6 Å². The van der Waals surface area contributed by atoms with Gasteiger partial charge in [-0.15, -0.1) is 0 Å². The summed E-state index contributed by atoms with van der Waals surface area (Å²) < 4.78 is 0. The van der Waals surface area contributed by atoms with Crippen LogP contribution in [0.4, 0.5) is 28.4 Å². The normalized spacial score (nSPS) is 10.3. The lowest BCUT2D eigenvalue weighted by Crippen LogP contribution is -2.17. The number of benzene rings is 3. The van der Waals surface area contributed by atoms with Crippen molar-refractivity contribution in [2.24, 2.45) is 0 Å². The molecule has 13 nitrogen and oxygen atoms in total. The molecular weight excluding hydrogens is 462 g/mol. The first-order valence-electron chi connectivity index (χ1n) is 9.97. The van der Waals surface area contributed by atoms with E-state index < -0.39 is 32.3 Å². The minimum Gasteiger partial charge on any atom is -0.326 e. The van der Waals surface area contributed by atoms with E-state index in [1.54, 1.807) is 0 Å². The number of nitro groups is 3. The number of hydrogen-bond donors (Lipinski definition) is 2. The van der Waals surface area contributed by atoms with Crippen molar-refractivity contribution >= 4 is 40.3 Å². The van der Waals surface area contributed by atoms with Crippen molar-refractivity contribution in [3.63, 3.8) is 0 Å². The average Bonchev–Trinajstić information content (AvgIpc) is 2.79. The van der Waals surface area contributed by atoms with E-state index in [9.17, 15) is 39.9 Å². The quantitative estimate of drug-likeness (QED) is 0.342. The molecular formula is C22H17N5O8. The maximum atomic E-state index is 12.4. The molecule has 0 aliphatic carbocycles. The number of rotatable bonds is 9. The summed E-state index contributed by atoms with van der Waals surface area (Å²) >= 11 is 0. The number of anilines is 2. The zero-order chi connectivity index (χ0) is 25.5. The number of nitrogens with zero attached hydrogens (tertiary/aromatic N) is 3. The minimum atomic E-state index is -0.691. The van der Waals surface area contributed by atoms with Gasteiger partial charge < -0.3 is 10.6 Å². The fraction of sp³-hybridized carbons (Fsp3) is 0.0909. The molecule has 0 aliphatic heterocycles. The number of hydrogen-bond acceptors (Lipinski definition) is 8. The van der Waals surface area contributed by atoms with Crippen molar-refractivity contribution in [1.29, 1.82) is 0 Å². The van der Waals surface area contributed by atoms with Crippen LogP contribution in [0.3, 0.4) is 0 Å². The summed E-state index contributed by atoms with van der Waals surface area (Å²) in [6.45, 7) is 0. The third-order valence-corrected chi connectivity index (χ3v) is 4.77. The Kier molecular flexibility index (Phi) is 7.41. The summed E-state index contributed by atoms with van der Waals surface area (Å²) in [6, 6.07) is 14.4. The molecule has 0 saturated carbocycles. The van der Waals surface area contributed by atoms with Gasteiger partial charge in [0, 0.05) is 36.0 Å². The van der Waals surface area contributed by atoms with Gasteiger partial charge in [-0.05, 0) is 23.3 Å². The van der Waals surface area contributed by atoms with E-state index in [1.807, 2.05) is 0 Å². The van der Waals surface area contributed by atoms with Gasteiger partial charge in [-0.1, -0.05) is 24.3 Å². The highest BCUT2D eigenvalue weighted by molar-refractivity contribution is 5.97. The Morgan fingerprint density at radius 3 is 1.51 bits per heavy atom. The Balaban J connectivity index is 1.69. The van der Waals surface area contributed by atoms with Crippen molar-refractivity contribution in [2.45, 2.75) is 12.8 Å². The van der Waals surface area contributed by atoms with Crippen molar-refractivity contribution < 1.29 is 24.4 Å². The van der Waals surface area contributed by atoms with Crippen LogP contribution in [-0.2, 0) is 22.4 Å². The molecule has 3 aromatic rings. The monoisotopic (exact) mass is 479 g/mol. The molecule has 0 saturated heterocycles. The Hall–Kier alpha value is -5.20. The number of amides is 2. The average molecular weight is 479 g/mol. The first kappa shape index (κ1) is 24.4. The molecule has 0 spiro atoms. The SMILES string of the molecule is O=C(Cc1ccc([N+](=O)[O-])cc1)Nc1ccc([N+](=O)[O-])c(NC(=O)Cc2ccc([N+](=O)[O-])cc2)c1. The van der Waals surface area contributed by atoms with Crippen LogP contribution < -0.4 is 10.6 Å². The number of nitrogens with one attached hydrogen (secondary N) is 2. The molecule has 0 radical (unpaired) electrons. The fourth-order valence-corrected chi connectivity index (χ4v) is 3.11. The Bertz CT molecular complexity index is 1310. The molecule has 35 heavy (non-hydrogen) atoms. The Labute approximate surface area is 196 Å². The van der Waals surface area contributed by atoms with Gasteiger partial charge in [0.25, 0.3) is 17.1 Å². The summed E-state index contributed by atoms with van der Waals surface area (Å²) in [6.07, 6.45) is -0.289. The molecule has 0 bridgehead atoms. The standard InChI is InChI=1S/C22H17N5O8/c28-21(11-14-1-6-17(7-2-14)25(30)31)23-16-5-10-20(27(34)35)19(13-16)24-22(29)12-15-3-8-18(9-4-15)26(32)33/h1-10,13H,11-12H2,(H,23,28)(H,24,29). The second kappa shape index (κ2) is 10.6. The van der Waals surface area contributed by atoms with Gasteiger partial charge in [-0.2, -0.15) is 0 Å². The van der Waals surface area contributed by atoms with E-state index >= 15 is 0 Å². The van der Waals surface area contributed by atoms with Gasteiger partial charge in [-0.3, -0.25) is 39.9 Å². The van der Waals surface area contributed by atoms with Gasteiger partial charge in [0.15, 0.2) is 0 Å². The van der Waals surface area contributed by atoms with Crippen LogP contribution in [0.2, 0.25) is 0 Å². The summed E-state index contributed by atoms with van der Waals surface area (Å²) in [7, 11) is 0. The first-order valence-corrected chi connectivity index (χ1v) is 9.97. The van der Waals surface area contributed by atoms with Crippen molar-refractivity contribution in [3.8, 4) is 0 Å². The third kappa shape index (κ3) is 6.64. The van der Waals surface area contributed by atoms with Crippen LogP contribution in [0.1, 0.15) is 11.1 Å². The third-order valence-electron chi connectivity index (χ3n) is 4.77. The summed E-state index contributed by atoms with van der Waals surface area (Å²) in [4.78, 5) is 55.8. The van der Waals surface area contributed by atoms with Crippen molar-refractivity contribution in [3.05, 3.63) is 108 Å². The highest BCUT2D eigenvalue weighted by Gasteiger charge is 2.18. The lowest BCUT2D eigenvalue weighted by atomic mass is 10.1. The number of non-ortho nitro benzene ring substituents is 2. The lowest BCUT2D eigenvalue weighted by molar-refractivity contribution is -0.385. The van der Waals surface area contributed by atoms with Gasteiger partial charge in [0.05, 0.1) is 27.6 Å². The van der Waals surface area contributed by atoms with Crippen LogP contribution >= 0.6 is 0 Å². The smallest absolute Gasteiger partial charge is 0.292 e. The highest BCUT2D eigenvalue weighted by atomic mass is 16.6. The Morgan fingerprint density at radius 1 is 0.629 bits per heavy atom. The second-order valence-electron chi connectivity index (χ2n) is 7.29. The molecule has 0 aliphatic rings. The molecule has 0 aromatic heterocycles. The topological polar surface area (TPSA) is 188 Å². The summed E-state index contributed by atoms with van der Waals surface area (Å²) in [5.74, 6) is -1.08. The van der Waals surface area contributed by atoms with Gasteiger partial charge in [0.2, 0.25) is 11.8 Å². The molecule has 0 heterocycles. The molecule has 3 aromatic carbocycles. The van der Waals surface area contributed by atoms with Gasteiger partial charge in [-0.25, -0.2) is 0 Å². The van der Waals surface area contributed by atoms with E-state index in [0.717, 1.165) is 6.07 Å². The minimum absolute atomic E-state index is 0.100. The number of nitro benzene ring substituents is 3. The van der Waals surface area contributed by atoms with E-state index in [1.165, 1.54) is 60.7 Å². The fourth-order valence-electron chi connectivity index (χ4n) is 3.11. The highest BCUT2D eigenvalue weighted by Crippen LogP contribution is 2.28. The Morgan fingerprint density at radius 2 is 1.09 bits per heavy atom. The number of carbonyl (C=O) groups is 2. The van der Waals surface area contributed by atoms with Crippen LogP contribution in [-0.4, -0.2) is 26.6 Å². The van der Waals surface area contributed by atoms with E-state index in [4.69, 9.17) is 0 Å². The zero-order valence-corrected chi connectivity index (χ0v) is 17.9. The van der Waals surface area contributed by atoms with Gasteiger partial charge >= 0.3 is 0 Å². The maximum absolute atomic E-state index is 12.4. The number of carbonyl (C=O) groups excluding carboxylic acids is 2. The van der Waals surface area contributed by atoms with E-state index in [-0.39, 0.29) is 35.6 Å². The van der Waals surface area contributed by atoms with Gasteiger partial charge in [0.1, 0.15) is 5.69 Å². The van der Waals surface area contributed by atoms with E-state index in [0.29, 0.717) is 11.1 Å². The van der Waals surface area contributed by atoms with Crippen molar-refractivity contribution in [1.82, 2.24) is 0 Å². The maximum Gasteiger partial charge on any atom is 0.292 e.